The molecule has 0 saturated carbocycles. The van der Waals surface area contributed by atoms with Crippen LogP contribution in [0.3, 0.4) is 0 Å². The van der Waals surface area contributed by atoms with Crippen molar-refractivity contribution < 1.29 is 42.1 Å². The van der Waals surface area contributed by atoms with Crippen molar-refractivity contribution in [3.63, 3.8) is 0 Å². The van der Waals surface area contributed by atoms with Crippen molar-refractivity contribution in [2.24, 2.45) is 0 Å². The molecule has 0 rings (SSSR count). The average molecular weight is 882 g/mol. The molecule has 0 amide bonds. The van der Waals surface area contributed by atoms with Gasteiger partial charge in [0.05, 0.1) is 27.7 Å². The Labute approximate surface area is 378 Å². The lowest BCUT2D eigenvalue weighted by Gasteiger charge is -2.28. The highest BCUT2D eigenvalue weighted by Crippen LogP contribution is 2.38. The van der Waals surface area contributed by atoms with Gasteiger partial charge in [0.25, 0.3) is 7.82 Å². The lowest BCUT2D eigenvalue weighted by atomic mass is 10.1. The number of hydrogen-bond donors (Lipinski definition) is 0. The van der Waals surface area contributed by atoms with Gasteiger partial charge in [-0.1, -0.05) is 155 Å². The predicted molar refractivity (Wildman–Crippen MR) is 258 cm³/mol. The van der Waals surface area contributed by atoms with E-state index >= 15 is 0 Å². The van der Waals surface area contributed by atoms with Crippen LogP contribution in [-0.2, 0) is 32.7 Å². The Morgan fingerprint density at radius 3 is 1.34 bits per heavy atom. The lowest BCUT2D eigenvalue weighted by molar-refractivity contribution is -0.870. The summed E-state index contributed by atoms with van der Waals surface area (Å²) < 4.78 is 33.9. The van der Waals surface area contributed by atoms with Gasteiger partial charge in [0.2, 0.25) is 0 Å². The number of phosphoric ester groups is 1. The van der Waals surface area contributed by atoms with E-state index in [4.69, 9.17) is 18.5 Å². The molecule has 10 heteroatoms. The van der Waals surface area contributed by atoms with Crippen LogP contribution in [0.5, 0.6) is 0 Å². The van der Waals surface area contributed by atoms with E-state index in [1.807, 2.05) is 27.2 Å². The predicted octanol–water partition coefficient (Wildman–Crippen LogP) is 13.1. The molecule has 0 aromatic rings. The summed E-state index contributed by atoms with van der Waals surface area (Å²) >= 11 is 0. The molecule has 0 fully saturated rings. The lowest BCUT2D eigenvalue weighted by Crippen LogP contribution is -2.37. The van der Waals surface area contributed by atoms with Crippen LogP contribution in [0.1, 0.15) is 142 Å². The Morgan fingerprint density at radius 2 is 0.887 bits per heavy atom. The Bertz CT molecular complexity index is 1460. The third kappa shape index (κ3) is 45.9. The zero-order valence-electron chi connectivity index (χ0n) is 39.3. The molecule has 0 aliphatic heterocycles. The second-order valence-corrected chi connectivity index (χ2v) is 17.4. The number of carbonyl (C=O) groups excluding carboxylic acids is 2. The van der Waals surface area contributed by atoms with Crippen molar-refractivity contribution >= 4 is 19.8 Å². The van der Waals surface area contributed by atoms with Crippen LogP contribution in [0, 0.1) is 0 Å². The average Bonchev–Trinajstić information content (AvgIpc) is 3.23. The summed E-state index contributed by atoms with van der Waals surface area (Å²) in [6.07, 6.45) is 59.5. The largest absolute Gasteiger partial charge is 0.756 e. The van der Waals surface area contributed by atoms with Gasteiger partial charge in [-0.2, -0.15) is 0 Å². The molecule has 0 aliphatic carbocycles. The third-order valence-corrected chi connectivity index (χ3v) is 9.94. The normalized spacial score (nSPS) is 14.6. The van der Waals surface area contributed by atoms with Crippen molar-refractivity contribution in [2.45, 2.75) is 148 Å². The molecule has 0 aromatic heterocycles. The Balaban J connectivity index is 4.48. The van der Waals surface area contributed by atoms with Crippen molar-refractivity contribution in [1.82, 2.24) is 0 Å². The van der Waals surface area contributed by atoms with E-state index in [-0.39, 0.29) is 26.1 Å². The highest BCUT2D eigenvalue weighted by atomic mass is 31.2. The molecule has 2 unspecified atom stereocenters. The van der Waals surface area contributed by atoms with E-state index < -0.39 is 32.5 Å². The van der Waals surface area contributed by atoms with Crippen LogP contribution in [-0.4, -0.2) is 70.0 Å². The molecule has 0 aromatic carbocycles. The smallest absolute Gasteiger partial charge is 0.306 e. The minimum Gasteiger partial charge on any atom is -0.756 e. The van der Waals surface area contributed by atoms with Gasteiger partial charge in [0.1, 0.15) is 19.8 Å². The fourth-order valence-electron chi connectivity index (χ4n) is 5.42. The second-order valence-electron chi connectivity index (χ2n) is 16.0. The van der Waals surface area contributed by atoms with Gasteiger partial charge in [-0.05, 0) is 96.3 Å². The molecule has 0 aliphatic rings. The van der Waals surface area contributed by atoms with Crippen LogP contribution >= 0.6 is 7.82 Å². The first-order valence-electron chi connectivity index (χ1n) is 23.2. The molecule has 0 radical (unpaired) electrons. The van der Waals surface area contributed by atoms with Crippen LogP contribution in [0.2, 0.25) is 0 Å². The molecular weight excluding hydrogens is 798 g/mol. The quantitative estimate of drug-likeness (QED) is 0.0197. The number of unbranched alkanes of at least 4 members (excludes halogenated alkanes) is 6. The van der Waals surface area contributed by atoms with Gasteiger partial charge in [0, 0.05) is 12.8 Å². The van der Waals surface area contributed by atoms with Gasteiger partial charge in [-0.15, -0.1) is 0 Å². The maximum atomic E-state index is 12.7. The first-order valence-corrected chi connectivity index (χ1v) is 24.7. The summed E-state index contributed by atoms with van der Waals surface area (Å²) in [5, 5.41) is 0. The monoisotopic (exact) mass is 882 g/mol. The van der Waals surface area contributed by atoms with Gasteiger partial charge < -0.3 is 27.9 Å². The van der Waals surface area contributed by atoms with Crippen molar-refractivity contribution in [2.75, 3.05) is 47.5 Å². The Kier molecular flexibility index (Phi) is 40.2. The summed E-state index contributed by atoms with van der Waals surface area (Å²) in [5.74, 6) is -0.939. The number of hydrogen-bond acceptors (Lipinski definition) is 8. The fourth-order valence-corrected chi connectivity index (χ4v) is 6.15. The van der Waals surface area contributed by atoms with Crippen molar-refractivity contribution in [3.05, 3.63) is 122 Å². The first-order chi connectivity index (χ1) is 30.0. The van der Waals surface area contributed by atoms with Crippen LogP contribution in [0.4, 0.5) is 0 Å². The van der Waals surface area contributed by atoms with Gasteiger partial charge in [-0.25, -0.2) is 0 Å². The molecule has 62 heavy (non-hydrogen) atoms. The zero-order chi connectivity index (χ0) is 45.7. The minimum atomic E-state index is -4.66. The standard InChI is InChI=1S/C52H84NO8P/c1-6-8-10-12-14-16-18-20-22-24-25-26-27-29-31-33-35-37-39-41-43-45-52(55)61-50(49-60-62(56,57)59-47-46-53(3,4)5)48-58-51(54)44-42-40-38-36-34-32-30-28-23-21-19-17-15-13-11-9-7-2/h8-11,14-17,20-23,25-26,29-32,36,38,50H,6-7,12-13,18-19,24,27-28,33-35,37,39-49H2,1-5H3/b10-8-,11-9-,16-14-,17-15-,22-20-,23-21-,26-25-,31-29-,32-30-,38-36-. The highest BCUT2D eigenvalue weighted by Gasteiger charge is 2.21. The number of carbonyl (C=O) groups is 2. The molecule has 0 N–H and O–H groups in total. The highest BCUT2D eigenvalue weighted by molar-refractivity contribution is 7.45. The molecule has 0 saturated heterocycles. The van der Waals surface area contributed by atoms with Gasteiger partial charge in [0.15, 0.2) is 6.10 Å². The summed E-state index contributed by atoms with van der Waals surface area (Å²) in [7, 11) is 1.10. The maximum absolute atomic E-state index is 12.7. The van der Waals surface area contributed by atoms with E-state index in [1.54, 1.807) is 0 Å². The number of rotatable bonds is 40. The van der Waals surface area contributed by atoms with Gasteiger partial charge >= 0.3 is 11.9 Å². The number of nitrogens with zero attached hydrogens (tertiary/aromatic N) is 1. The van der Waals surface area contributed by atoms with E-state index in [1.165, 1.54) is 0 Å². The van der Waals surface area contributed by atoms with Gasteiger partial charge in [-0.3, -0.25) is 14.2 Å². The molecule has 0 heterocycles. The second kappa shape index (κ2) is 42.7. The van der Waals surface area contributed by atoms with Crippen LogP contribution in [0.25, 0.3) is 0 Å². The van der Waals surface area contributed by atoms with E-state index in [9.17, 15) is 19.0 Å². The molecule has 2 atom stereocenters. The molecule has 350 valence electrons. The maximum Gasteiger partial charge on any atom is 0.306 e. The number of esters is 2. The van der Waals surface area contributed by atoms with E-state index in [0.717, 1.165) is 103 Å². The Hall–Kier alpha value is -3.59. The number of allylic oxidation sites excluding steroid dienone is 20. The summed E-state index contributed by atoms with van der Waals surface area (Å²) in [6.45, 7) is 3.88. The summed E-state index contributed by atoms with van der Waals surface area (Å²) in [6, 6.07) is 0. The molecule has 0 spiro atoms. The minimum absolute atomic E-state index is 0.0517. The molecule has 0 bridgehead atoms. The van der Waals surface area contributed by atoms with E-state index in [0.29, 0.717) is 23.9 Å². The Morgan fingerprint density at radius 1 is 0.500 bits per heavy atom. The number of phosphoric acid groups is 1. The third-order valence-electron chi connectivity index (χ3n) is 8.98. The van der Waals surface area contributed by atoms with E-state index in [2.05, 4.69) is 129 Å². The molecule has 9 nitrogen and oxygen atoms in total. The topological polar surface area (TPSA) is 111 Å². The summed E-state index contributed by atoms with van der Waals surface area (Å²) in [5.41, 5.74) is 0. The number of ether oxygens (including phenoxy) is 2. The SMILES string of the molecule is CC/C=C\C/C=C\C/C=C\C/C=C\C/C=C\CCCCCCCC(=O)OC(COC(=O)CCC/C=C\C/C=C\C/C=C\C/C=C\C/C=C\CC)COP(=O)([O-])OCC[N+](C)(C)C. The number of quaternary nitrogens is 1. The number of likely N-dealkylation sites (N-methyl/N-ethyl adjacent to an activating group) is 1. The fraction of sp³-hybridized carbons (Fsp3) is 0.577. The van der Waals surface area contributed by atoms with Crippen molar-refractivity contribution in [3.8, 4) is 0 Å². The summed E-state index contributed by atoms with van der Waals surface area (Å²) in [4.78, 5) is 37.6. The first kappa shape index (κ1) is 58.4. The van der Waals surface area contributed by atoms with Crippen LogP contribution < -0.4 is 4.89 Å². The van der Waals surface area contributed by atoms with Crippen molar-refractivity contribution in [1.29, 1.82) is 0 Å². The van der Waals surface area contributed by atoms with Crippen LogP contribution in [0.15, 0.2) is 122 Å². The molecular formula is C52H84NO8P. The zero-order valence-corrected chi connectivity index (χ0v) is 40.1.